The minimum absolute atomic E-state index is 0.120. The summed E-state index contributed by atoms with van der Waals surface area (Å²) in [7, 11) is 0. The maximum Gasteiger partial charge on any atom is 0.340 e. The Morgan fingerprint density at radius 1 is 1.22 bits per heavy atom. The van der Waals surface area contributed by atoms with Crippen molar-refractivity contribution in [2.24, 2.45) is 0 Å². The van der Waals surface area contributed by atoms with Gasteiger partial charge in [-0.05, 0) is 36.4 Å². The lowest BCUT2D eigenvalue weighted by atomic mass is 10.2. The number of fused-ring (bicyclic) bond motifs is 1. The minimum atomic E-state index is -1.47. The van der Waals surface area contributed by atoms with Crippen molar-refractivity contribution < 1.29 is 19.0 Å². The highest BCUT2D eigenvalue weighted by Crippen LogP contribution is 2.16. The monoisotopic (exact) mass is 333 g/mol. The second-order valence-corrected chi connectivity index (χ2v) is 5.88. The molecule has 3 rings (SSSR count). The van der Waals surface area contributed by atoms with Gasteiger partial charge in [0, 0.05) is 0 Å². The molecule has 3 aromatic rings. The quantitative estimate of drug-likeness (QED) is 0.588. The van der Waals surface area contributed by atoms with Crippen LogP contribution in [0.25, 0.3) is 10.1 Å². The third-order valence-corrected chi connectivity index (χ3v) is 4.29. The zero-order valence-electron chi connectivity index (χ0n) is 11.8. The number of halogens is 1. The summed E-state index contributed by atoms with van der Waals surface area (Å²) in [6, 6.07) is 11.8. The molecule has 0 amide bonds. The van der Waals surface area contributed by atoms with Gasteiger partial charge in [0.2, 0.25) is 6.29 Å². The summed E-state index contributed by atoms with van der Waals surface area (Å²) in [5.41, 5.74) is -0.128. The van der Waals surface area contributed by atoms with E-state index in [0.717, 1.165) is 16.8 Å². The van der Waals surface area contributed by atoms with Gasteiger partial charge in [0.25, 0.3) is 5.56 Å². The lowest BCUT2D eigenvalue weighted by Gasteiger charge is -2.11. The lowest BCUT2D eigenvalue weighted by Crippen LogP contribution is -2.26. The number of aliphatic hydroxyl groups excluding tert-OH is 1. The first-order valence-electron chi connectivity index (χ1n) is 6.78. The average molecular weight is 333 g/mol. The van der Waals surface area contributed by atoms with Crippen molar-refractivity contribution >= 4 is 27.6 Å². The lowest BCUT2D eigenvalue weighted by molar-refractivity contribution is -0.0718. The Morgan fingerprint density at radius 2 is 1.91 bits per heavy atom. The van der Waals surface area contributed by atoms with E-state index in [1.54, 1.807) is 18.2 Å². The van der Waals surface area contributed by atoms with E-state index in [0.29, 0.717) is 5.39 Å². The predicted octanol–water partition coefficient (Wildman–Crippen LogP) is 2.38. The summed E-state index contributed by atoms with van der Waals surface area (Å²) in [6.45, 7) is -0.162. The summed E-state index contributed by atoms with van der Waals surface area (Å²) in [6.07, 6.45) is -1.47. The molecule has 0 saturated carbocycles. The number of rotatable bonds is 4. The van der Waals surface area contributed by atoms with Gasteiger partial charge in [-0.25, -0.2) is 9.18 Å². The molecule has 1 aromatic heterocycles. The van der Waals surface area contributed by atoms with Gasteiger partial charge in [-0.2, -0.15) is 0 Å². The van der Waals surface area contributed by atoms with Crippen molar-refractivity contribution in [3.05, 3.63) is 70.3 Å². The normalized spacial score (nSPS) is 12.3. The first-order chi connectivity index (χ1) is 11.0. The van der Waals surface area contributed by atoms with Crippen LogP contribution in [0, 0.1) is 5.82 Å². The second kappa shape index (κ2) is 6.31. The second-order valence-electron chi connectivity index (χ2n) is 4.82. The number of carbonyl (C=O) groups is 1. The van der Waals surface area contributed by atoms with Crippen LogP contribution >= 0.6 is 11.5 Å². The van der Waals surface area contributed by atoms with E-state index < -0.39 is 18.1 Å². The van der Waals surface area contributed by atoms with Crippen LogP contribution < -0.4 is 5.56 Å². The summed E-state index contributed by atoms with van der Waals surface area (Å²) in [5, 5.41) is 10.4. The molecule has 0 aliphatic rings. The molecule has 23 heavy (non-hydrogen) atoms. The van der Waals surface area contributed by atoms with Crippen LogP contribution in [0.4, 0.5) is 4.39 Å². The molecule has 1 heterocycles. The van der Waals surface area contributed by atoms with Crippen molar-refractivity contribution in [1.82, 2.24) is 3.96 Å². The third-order valence-electron chi connectivity index (χ3n) is 3.20. The number of benzene rings is 2. The van der Waals surface area contributed by atoms with Crippen molar-refractivity contribution in [2.45, 2.75) is 12.8 Å². The molecule has 0 saturated heterocycles. The molecule has 0 radical (unpaired) electrons. The van der Waals surface area contributed by atoms with Crippen LogP contribution in [0.5, 0.6) is 0 Å². The van der Waals surface area contributed by atoms with Gasteiger partial charge in [0.1, 0.15) is 5.82 Å². The average Bonchev–Trinajstić information content (AvgIpc) is 2.84. The highest BCUT2D eigenvalue weighted by molar-refractivity contribution is 7.13. The molecule has 1 unspecified atom stereocenters. The number of ether oxygens (including phenoxy) is 1. The summed E-state index contributed by atoms with van der Waals surface area (Å²) in [4.78, 5) is 24.0. The van der Waals surface area contributed by atoms with Gasteiger partial charge < -0.3 is 9.84 Å². The highest BCUT2D eigenvalue weighted by atomic mass is 32.1. The smallest absolute Gasteiger partial charge is 0.340 e. The van der Waals surface area contributed by atoms with Gasteiger partial charge in [0.05, 0.1) is 22.2 Å². The molecular formula is C16H12FNO4S. The van der Waals surface area contributed by atoms with Crippen LogP contribution in [-0.2, 0) is 11.3 Å². The SMILES string of the molecule is O=C(OC(O)Cn1sc2ccccc2c1=O)c1ccc(F)cc1. The Hall–Kier alpha value is -2.51. The topological polar surface area (TPSA) is 68.5 Å². The van der Waals surface area contributed by atoms with Gasteiger partial charge in [0.15, 0.2) is 0 Å². The molecule has 2 aromatic carbocycles. The minimum Gasteiger partial charge on any atom is -0.430 e. The molecule has 0 fully saturated rings. The fourth-order valence-corrected chi connectivity index (χ4v) is 3.11. The van der Waals surface area contributed by atoms with Crippen LogP contribution in [0.2, 0.25) is 0 Å². The van der Waals surface area contributed by atoms with E-state index in [-0.39, 0.29) is 17.7 Å². The van der Waals surface area contributed by atoms with Crippen molar-refractivity contribution in [3.8, 4) is 0 Å². The number of hydrogen-bond acceptors (Lipinski definition) is 5. The maximum atomic E-state index is 12.8. The number of aromatic nitrogens is 1. The predicted molar refractivity (Wildman–Crippen MR) is 83.9 cm³/mol. The van der Waals surface area contributed by atoms with Gasteiger partial charge >= 0.3 is 5.97 Å². The van der Waals surface area contributed by atoms with Gasteiger partial charge in [-0.15, -0.1) is 0 Å². The molecule has 0 spiro atoms. The molecule has 0 bridgehead atoms. The summed E-state index contributed by atoms with van der Waals surface area (Å²) < 4.78 is 19.8. The first kappa shape index (κ1) is 15.4. The molecular weight excluding hydrogens is 321 g/mol. The van der Waals surface area contributed by atoms with E-state index in [1.165, 1.54) is 27.6 Å². The molecule has 7 heteroatoms. The molecule has 0 aliphatic heterocycles. The van der Waals surface area contributed by atoms with E-state index in [1.807, 2.05) is 6.07 Å². The number of nitrogens with zero attached hydrogens (tertiary/aromatic N) is 1. The Bertz CT molecular complexity index is 900. The van der Waals surface area contributed by atoms with Crippen LogP contribution in [0.1, 0.15) is 10.4 Å². The van der Waals surface area contributed by atoms with Gasteiger partial charge in [-0.1, -0.05) is 23.7 Å². The van der Waals surface area contributed by atoms with E-state index in [9.17, 15) is 19.1 Å². The van der Waals surface area contributed by atoms with E-state index in [4.69, 9.17) is 4.74 Å². The summed E-state index contributed by atoms with van der Waals surface area (Å²) >= 11 is 1.18. The fourth-order valence-electron chi connectivity index (χ4n) is 2.09. The zero-order valence-corrected chi connectivity index (χ0v) is 12.6. The number of esters is 1. The Labute approximate surface area is 134 Å². The zero-order chi connectivity index (χ0) is 16.4. The molecule has 118 valence electrons. The Morgan fingerprint density at radius 3 is 2.61 bits per heavy atom. The maximum absolute atomic E-state index is 12.8. The van der Waals surface area contributed by atoms with E-state index in [2.05, 4.69) is 0 Å². The first-order valence-corrected chi connectivity index (χ1v) is 7.55. The summed E-state index contributed by atoms with van der Waals surface area (Å²) in [5.74, 6) is -1.26. The van der Waals surface area contributed by atoms with Crippen LogP contribution in [-0.4, -0.2) is 21.3 Å². The Balaban J connectivity index is 1.72. The van der Waals surface area contributed by atoms with Gasteiger partial charge in [-0.3, -0.25) is 8.75 Å². The molecule has 5 nitrogen and oxygen atoms in total. The largest absolute Gasteiger partial charge is 0.430 e. The number of carbonyl (C=O) groups excluding carboxylic acids is 1. The Kier molecular flexibility index (Phi) is 4.22. The van der Waals surface area contributed by atoms with Crippen LogP contribution in [0.3, 0.4) is 0 Å². The molecule has 1 N–H and O–H groups in total. The van der Waals surface area contributed by atoms with Crippen LogP contribution in [0.15, 0.2) is 53.3 Å². The third kappa shape index (κ3) is 3.30. The fraction of sp³-hybridized carbons (Fsp3) is 0.125. The highest BCUT2D eigenvalue weighted by Gasteiger charge is 2.16. The van der Waals surface area contributed by atoms with E-state index >= 15 is 0 Å². The molecule has 0 aliphatic carbocycles. The van der Waals surface area contributed by atoms with Crippen molar-refractivity contribution in [3.63, 3.8) is 0 Å². The van der Waals surface area contributed by atoms with Crippen molar-refractivity contribution in [1.29, 1.82) is 0 Å². The number of aliphatic hydroxyl groups is 1. The standard InChI is InChI=1S/C16H12FNO4S/c17-11-7-5-10(6-8-11)16(21)22-14(19)9-18-15(20)12-3-1-2-4-13(12)23-18/h1-8,14,19H,9H2. The molecule has 1 atom stereocenters. The number of hydrogen-bond donors (Lipinski definition) is 1. The van der Waals surface area contributed by atoms with Crippen molar-refractivity contribution in [2.75, 3.05) is 0 Å².